The zero-order valence-corrected chi connectivity index (χ0v) is 13.3. The molecule has 1 aliphatic rings. The third kappa shape index (κ3) is 3.44. The molecule has 21 heavy (non-hydrogen) atoms. The van der Waals surface area contributed by atoms with Crippen LogP contribution >= 0.6 is 11.6 Å². The van der Waals surface area contributed by atoms with E-state index < -0.39 is 0 Å². The minimum Gasteiger partial charge on any atom is -0.311 e. The molecule has 1 fully saturated rings. The fraction of sp³-hybridized carbons (Fsp3) is 0.643. The Balaban J connectivity index is 1.63. The summed E-state index contributed by atoms with van der Waals surface area (Å²) < 4.78 is 3.74. The third-order valence-corrected chi connectivity index (χ3v) is 4.28. The van der Waals surface area contributed by atoms with E-state index in [-0.39, 0.29) is 0 Å². The van der Waals surface area contributed by atoms with E-state index in [4.69, 9.17) is 11.6 Å². The highest BCUT2D eigenvalue weighted by Crippen LogP contribution is 2.27. The Morgan fingerprint density at radius 2 is 2.24 bits per heavy atom. The van der Waals surface area contributed by atoms with Crippen molar-refractivity contribution >= 4 is 11.6 Å². The van der Waals surface area contributed by atoms with Crippen LogP contribution in [0.2, 0.25) is 5.02 Å². The van der Waals surface area contributed by atoms with Crippen molar-refractivity contribution in [2.24, 2.45) is 5.92 Å². The Bertz CT molecular complexity index is 613. The highest BCUT2D eigenvalue weighted by molar-refractivity contribution is 6.31. The number of aryl methyl sites for hydroxylation is 2. The first-order chi connectivity index (χ1) is 10.2. The molecule has 0 bridgehead atoms. The molecule has 0 aromatic carbocycles. The van der Waals surface area contributed by atoms with Crippen LogP contribution in [0.4, 0.5) is 0 Å². The second-order valence-electron chi connectivity index (χ2n) is 5.64. The zero-order valence-electron chi connectivity index (χ0n) is 12.5. The zero-order chi connectivity index (χ0) is 14.8. The molecule has 1 aliphatic carbocycles. The van der Waals surface area contributed by atoms with E-state index in [0.29, 0.717) is 6.54 Å². The van der Waals surface area contributed by atoms with Gasteiger partial charge in [-0.25, -0.2) is 4.68 Å². The molecule has 3 rings (SSSR count). The fourth-order valence-electron chi connectivity index (χ4n) is 2.40. The van der Waals surface area contributed by atoms with Gasteiger partial charge >= 0.3 is 0 Å². The Morgan fingerprint density at radius 3 is 2.95 bits per heavy atom. The number of hydrogen-bond acceptors (Lipinski definition) is 4. The smallest absolute Gasteiger partial charge is 0.0964 e. The Kier molecular flexibility index (Phi) is 4.26. The number of rotatable bonds is 7. The molecule has 2 aromatic rings. The first kappa shape index (κ1) is 14.5. The number of aromatic nitrogens is 5. The van der Waals surface area contributed by atoms with Crippen molar-refractivity contribution in [1.29, 1.82) is 0 Å². The molecule has 2 heterocycles. The molecule has 0 spiro atoms. The van der Waals surface area contributed by atoms with Gasteiger partial charge in [-0.15, -0.1) is 5.10 Å². The molecule has 0 atom stereocenters. The van der Waals surface area contributed by atoms with E-state index in [2.05, 4.69) is 27.7 Å². The maximum atomic E-state index is 6.32. The van der Waals surface area contributed by atoms with Gasteiger partial charge < -0.3 is 5.32 Å². The molecule has 1 saturated carbocycles. The Morgan fingerprint density at radius 1 is 1.43 bits per heavy atom. The van der Waals surface area contributed by atoms with Crippen molar-refractivity contribution in [3.05, 3.63) is 28.3 Å². The van der Waals surface area contributed by atoms with Crippen molar-refractivity contribution in [3.8, 4) is 0 Å². The van der Waals surface area contributed by atoms with Crippen LogP contribution in [-0.4, -0.2) is 31.3 Å². The molecule has 1 N–H and O–H groups in total. The number of nitrogens with one attached hydrogen (secondary N) is 1. The molecule has 0 aliphatic heterocycles. The number of hydrogen-bond donors (Lipinski definition) is 1. The summed E-state index contributed by atoms with van der Waals surface area (Å²) in [5, 5.41) is 16.9. The quantitative estimate of drug-likeness (QED) is 0.850. The first-order valence-corrected chi connectivity index (χ1v) is 7.86. The molecule has 7 heteroatoms. The number of nitrogens with zero attached hydrogens (tertiary/aromatic N) is 5. The molecule has 114 valence electrons. The predicted octanol–water partition coefficient (Wildman–Crippen LogP) is 2.00. The van der Waals surface area contributed by atoms with Crippen molar-refractivity contribution < 1.29 is 0 Å². The monoisotopic (exact) mass is 308 g/mol. The second-order valence-corrected chi connectivity index (χ2v) is 6.02. The molecule has 0 amide bonds. The molecular formula is C14H21ClN6. The van der Waals surface area contributed by atoms with Crippen LogP contribution in [0.5, 0.6) is 0 Å². The normalized spacial score (nSPS) is 14.8. The maximum Gasteiger partial charge on any atom is 0.0964 e. The number of halogens is 1. The SMILES string of the molecule is CCn1nc(C)c(Cl)c1Cn1cc(CNCC2CC2)nn1. The molecular weight excluding hydrogens is 288 g/mol. The van der Waals surface area contributed by atoms with E-state index in [9.17, 15) is 0 Å². The molecule has 2 aromatic heterocycles. The molecule has 0 unspecified atom stereocenters. The lowest BCUT2D eigenvalue weighted by Gasteiger charge is -2.04. The van der Waals surface area contributed by atoms with E-state index >= 15 is 0 Å². The fourth-order valence-corrected chi connectivity index (χ4v) is 2.59. The largest absolute Gasteiger partial charge is 0.311 e. The third-order valence-electron chi connectivity index (χ3n) is 3.79. The van der Waals surface area contributed by atoms with Gasteiger partial charge in [0.1, 0.15) is 0 Å². The summed E-state index contributed by atoms with van der Waals surface area (Å²) >= 11 is 6.32. The summed E-state index contributed by atoms with van der Waals surface area (Å²) in [5.41, 5.74) is 2.81. The summed E-state index contributed by atoms with van der Waals surface area (Å²) in [4.78, 5) is 0. The van der Waals surface area contributed by atoms with Crippen molar-refractivity contribution in [1.82, 2.24) is 30.1 Å². The van der Waals surface area contributed by atoms with Crippen LogP contribution in [0.1, 0.15) is 36.8 Å². The average Bonchev–Trinajstić information content (AvgIpc) is 3.13. The lowest BCUT2D eigenvalue weighted by Crippen LogP contribution is -2.16. The van der Waals surface area contributed by atoms with Gasteiger partial charge in [-0.3, -0.25) is 4.68 Å². The lowest BCUT2D eigenvalue weighted by atomic mass is 10.3. The van der Waals surface area contributed by atoms with Gasteiger partial charge in [0.2, 0.25) is 0 Å². The van der Waals surface area contributed by atoms with Crippen molar-refractivity contribution in [3.63, 3.8) is 0 Å². The van der Waals surface area contributed by atoms with E-state index in [1.165, 1.54) is 12.8 Å². The maximum absolute atomic E-state index is 6.32. The summed E-state index contributed by atoms with van der Waals surface area (Å²) in [6, 6.07) is 0. The molecule has 0 saturated heterocycles. The van der Waals surface area contributed by atoms with Crippen molar-refractivity contribution in [2.75, 3.05) is 6.54 Å². The first-order valence-electron chi connectivity index (χ1n) is 7.49. The lowest BCUT2D eigenvalue weighted by molar-refractivity contribution is 0.565. The summed E-state index contributed by atoms with van der Waals surface area (Å²) in [6.45, 7) is 7.24. The van der Waals surface area contributed by atoms with Crippen molar-refractivity contribution in [2.45, 2.75) is 46.3 Å². The van der Waals surface area contributed by atoms with E-state index in [1.54, 1.807) is 0 Å². The van der Waals surface area contributed by atoms with Gasteiger partial charge in [-0.1, -0.05) is 16.8 Å². The van der Waals surface area contributed by atoms with Gasteiger partial charge in [-0.2, -0.15) is 5.10 Å². The van der Waals surface area contributed by atoms with Gasteiger partial charge in [-0.05, 0) is 39.2 Å². The van der Waals surface area contributed by atoms with E-state index in [0.717, 1.165) is 47.7 Å². The standard InChI is InChI=1S/C14H21ClN6/c1-3-21-13(14(15)10(2)18-21)9-20-8-12(17-19-20)7-16-6-11-4-5-11/h8,11,16H,3-7,9H2,1-2H3. The minimum absolute atomic E-state index is 0.600. The summed E-state index contributed by atoms with van der Waals surface area (Å²) in [6.07, 6.45) is 4.69. The summed E-state index contributed by atoms with van der Waals surface area (Å²) in [7, 11) is 0. The van der Waals surface area contributed by atoms with E-state index in [1.807, 2.05) is 22.5 Å². The van der Waals surface area contributed by atoms with Crippen LogP contribution in [-0.2, 0) is 19.6 Å². The summed E-state index contributed by atoms with van der Waals surface area (Å²) in [5.74, 6) is 0.876. The predicted molar refractivity (Wildman–Crippen MR) is 81.2 cm³/mol. The molecule has 6 nitrogen and oxygen atoms in total. The van der Waals surface area contributed by atoms with Gasteiger partial charge in [0.25, 0.3) is 0 Å². The second kappa shape index (κ2) is 6.15. The highest BCUT2D eigenvalue weighted by atomic mass is 35.5. The van der Waals surface area contributed by atoms with Crippen LogP contribution in [0.15, 0.2) is 6.20 Å². The van der Waals surface area contributed by atoms with Crippen LogP contribution < -0.4 is 5.32 Å². The highest BCUT2D eigenvalue weighted by Gasteiger charge is 2.20. The van der Waals surface area contributed by atoms with Crippen LogP contribution in [0.25, 0.3) is 0 Å². The van der Waals surface area contributed by atoms with Gasteiger partial charge in [0, 0.05) is 13.1 Å². The van der Waals surface area contributed by atoms with Crippen LogP contribution in [0, 0.1) is 12.8 Å². The molecule has 0 radical (unpaired) electrons. The van der Waals surface area contributed by atoms with Gasteiger partial charge in [0.15, 0.2) is 0 Å². The Labute approximate surface area is 129 Å². The Hall–Kier alpha value is -1.40. The van der Waals surface area contributed by atoms with Gasteiger partial charge in [0.05, 0.1) is 34.8 Å². The topological polar surface area (TPSA) is 60.6 Å². The minimum atomic E-state index is 0.600. The van der Waals surface area contributed by atoms with Crippen LogP contribution in [0.3, 0.4) is 0 Å². The average molecular weight is 309 g/mol.